The molecule has 1 unspecified atom stereocenters. The first-order valence-corrected chi connectivity index (χ1v) is 10.6. The second-order valence-corrected chi connectivity index (χ2v) is 8.17. The number of hydrogen-bond donors (Lipinski definition) is 3. The summed E-state index contributed by atoms with van der Waals surface area (Å²) < 4.78 is 0. The van der Waals surface area contributed by atoms with Crippen molar-refractivity contribution in [1.29, 1.82) is 0 Å². The Bertz CT molecular complexity index is 803. The monoisotopic (exact) mass is 397 g/mol. The molecular weight excluding hydrogens is 366 g/mol. The van der Waals surface area contributed by atoms with Crippen molar-refractivity contribution in [3.05, 3.63) is 41.5 Å². The van der Waals surface area contributed by atoms with Gasteiger partial charge in [-0.3, -0.25) is 19.7 Å². The fourth-order valence-corrected chi connectivity index (χ4v) is 4.25. The SMILES string of the molecule is C/C=C\CCCCCCNCC(=O)Nc1ccc2c(c1)CC1(CC(=O)NC1=O)C2. The van der Waals surface area contributed by atoms with Gasteiger partial charge in [0.1, 0.15) is 0 Å². The van der Waals surface area contributed by atoms with Gasteiger partial charge >= 0.3 is 0 Å². The van der Waals surface area contributed by atoms with Crippen molar-refractivity contribution in [2.45, 2.75) is 58.3 Å². The molecule has 1 atom stereocenters. The summed E-state index contributed by atoms with van der Waals surface area (Å²) in [5.74, 6) is -0.435. The Hall–Kier alpha value is -2.47. The van der Waals surface area contributed by atoms with Crippen molar-refractivity contribution in [2.75, 3.05) is 18.4 Å². The van der Waals surface area contributed by atoms with E-state index in [4.69, 9.17) is 0 Å². The van der Waals surface area contributed by atoms with E-state index in [-0.39, 0.29) is 30.7 Å². The molecule has 29 heavy (non-hydrogen) atoms. The van der Waals surface area contributed by atoms with Crippen LogP contribution in [0.5, 0.6) is 0 Å². The molecule has 156 valence electrons. The van der Waals surface area contributed by atoms with Crippen LogP contribution < -0.4 is 16.0 Å². The van der Waals surface area contributed by atoms with Crippen LogP contribution >= 0.6 is 0 Å². The first-order valence-electron chi connectivity index (χ1n) is 10.6. The molecule has 1 aliphatic heterocycles. The Morgan fingerprint density at radius 1 is 1.10 bits per heavy atom. The Morgan fingerprint density at radius 3 is 2.66 bits per heavy atom. The Morgan fingerprint density at radius 2 is 1.90 bits per heavy atom. The van der Waals surface area contributed by atoms with Crippen LogP contribution in [0, 0.1) is 5.41 Å². The normalized spacial score (nSPS) is 20.4. The summed E-state index contributed by atoms with van der Waals surface area (Å²) in [4.78, 5) is 36.0. The largest absolute Gasteiger partial charge is 0.325 e. The van der Waals surface area contributed by atoms with Gasteiger partial charge in [0.25, 0.3) is 0 Å². The highest BCUT2D eigenvalue weighted by molar-refractivity contribution is 6.06. The van der Waals surface area contributed by atoms with Crippen LogP contribution in [0.25, 0.3) is 0 Å². The van der Waals surface area contributed by atoms with E-state index in [9.17, 15) is 14.4 Å². The molecule has 0 saturated carbocycles. The number of allylic oxidation sites excluding steroid dienone is 2. The summed E-state index contributed by atoms with van der Waals surface area (Å²) in [7, 11) is 0. The Balaban J connectivity index is 1.38. The molecule has 1 fully saturated rings. The van der Waals surface area contributed by atoms with Crippen LogP contribution in [0.2, 0.25) is 0 Å². The molecule has 1 aliphatic carbocycles. The van der Waals surface area contributed by atoms with E-state index in [1.54, 1.807) is 0 Å². The summed E-state index contributed by atoms with van der Waals surface area (Å²) in [5, 5.41) is 8.54. The minimum atomic E-state index is -0.629. The van der Waals surface area contributed by atoms with Crippen molar-refractivity contribution in [2.24, 2.45) is 5.41 Å². The first kappa shape index (κ1) is 21.2. The van der Waals surface area contributed by atoms with E-state index in [0.717, 1.165) is 36.2 Å². The van der Waals surface area contributed by atoms with Crippen LogP contribution in [0.4, 0.5) is 5.69 Å². The zero-order chi connectivity index (χ0) is 20.7. The maximum absolute atomic E-state index is 12.2. The standard InChI is InChI=1S/C23H31N3O3/c1-2-3-4-5-6-7-8-11-24-16-21(28)25-19-10-9-17-13-23(14-18(17)12-19)15-20(27)26-22(23)29/h2-3,9-10,12,24H,4-8,11,13-16H2,1H3,(H,25,28)(H,26,27,29)/b3-2-. The fourth-order valence-electron chi connectivity index (χ4n) is 4.25. The highest BCUT2D eigenvalue weighted by Crippen LogP contribution is 2.43. The number of fused-ring (bicyclic) bond motifs is 1. The number of amides is 3. The van der Waals surface area contributed by atoms with Crippen molar-refractivity contribution in [1.82, 2.24) is 10.6 Å². The Labute approximate surface area is 172 Å². The fraction of sp³-hybridized carbons (Fsp3) is 0.522. The predicted octanol–water partition coefficient (Wildman–Crippen LogP) is 2.87. The lowest BCUT2D eigenvalue weighted by Gasteiger charge is -2.16. The molecule has 3 N–H and O–H groups in total. The van der Waals surface area contributed by atoms with Crippen molar-refractivity contribution < 1.29 is 14.4 Å². The summed E-state index contributed by atoms with van der Waals surface area (Å²) in [6.45, 7) is 3.17. The number of hydrogen-bond acceptors (Lipinski definition) is 4. The second-order valence-electron chi connectivity index (χ2n) is 8.17. The molecule has 1 aromatic carbocycles. The molecule has 3 amide bonds. The van der Waals surface area contributed by atoms with Crippen LogP contribution in [0.1, 0.15) is 56.6 Å². The van der Waals surface area contributed by atoms with E-state index >= 15 is 0 Å². The lowest BCUT2D eigenvalue weighted by atomic mass is 9.83. The van der Waals surface area contributed by atoms with Gasteiger partial charge in [-0.05, 0) is 68.8 Å². The predicted molar refractivity (Wildman–Crippen MR) is 113 cm³/mol. The third-order valence-electron chi connectivity index (χ3n) is 5.78. The van der Waals surface area contributed by atoms with Gasteiger partial charge in [-0.1, -0.05) is 31.1 Å². The number of carbonyl (C=O) groups excluding carboxylic acids is 3. The highest BCUT2D eigenvalue weighted by Gasteiger charge is 2.50. The molecule has 0 radical (unpaired) electrons. The minimum Gasteiger partial charge on any atom is -0.325 e. The van der Waals surface area contributed by atoms with Gasteiger partial charge in [0.2, 0.25) is 17.7 Å². The van der Waals surface area contributed by atoms with Gasteiger partial charge in [-0.2, -0.15) is 0 Å². The summed E-state index contributed by atoms with van der Waals surface area (Å²) in [5.41, 5.74) is 2.23. The van der Waals surface area contributed by atoms with Gasteiger partial charge in [-0.15, -0.1) is 0 Å². The smallest absolute Gasteiger partial charge is 0.238 e. The number of anilines is 1. The van der Waals surface area contributed by atoms with E-state index in [0.29, 0.717) is 12.8 Å². The molecule has 0 aromatic heterocycles. The maximum atomic E-state index is 12.2. The van der Waals surface area contributed by atoms with Gasteiger partial charge in [0.05, 0.1) is 12.0 Å². The molecule has 0 bridgehead atoms. The molecule has 6 heteroatoms. The van der Waals surface area contributed by atoms with E-state index in [2.05, 4.69) is 28.1 Å². The maximum Gasteiger partial charge on any atom is 0.238 e. The lowest BCUT2D eigenvalue weighted by Crippen LogP contribution is -2.32. The quantitative estimate of drug-likeness (QED) is 0.322. The molecular formula is C23H31N3O3. The second kappa shape index (κ2) is 9.83. The van der Waals surface area contributed by atoms with Crippen molar-refractivity contribution in [3.8, 4) is 0 Å². The third kappa shape index (κ3) is 5.54. The zero-order valence-electron chi connectivity index (χ0n) is 17.2. The Kier molecular flexibility index (Phi) is 7.20. The van der Waals surface area contributed by atoms with Crippen molar-refractivity contribution in [3.63, 3.8) is 0 Å². The zero-order valence-corrected chi connectivity index (χ0v) is 17.2. The minimum absolute atomic E-state index is 0.0699. The van der Waals surface area contributed by atoms with Gasteiger partial charge < -0.3 is 10.6 Å². The number of carbonyl (C=O) groups is 3. The lowest BCUT2D eigenvalue weighted by molar-refractivity contribution is -0.128. The molecule has 1 saturated heterocycles. The van der Waals surface area contributed by atoms with E-state index < -0.39 is 5.41 Å². The van der Waals surface area contributed by atoms with Crippen LogP contribution in [-0.2, 0) is 27.2 Å². The molecule has 1 aromatic rings. The summed E-state index contributed by atoms with van der Waals surface area (Å²) in [6.07, 6.45) is 11.5. The summed E-state index contributed by atoms with van der Waals surface area (Å²) in [6, 6.07) is 5.76. The number of imide groups is 1. The van der Waals surface area contributed by atoms with E-state index in [1.807, 2.05) is 25.1 Å². The van der Waals surface area contributed by atoms with Gasteiger partial charge in [0, 0.05) is 12.1 Å². The highest BCUT2D eigenvalue weighted by atomic mass is 16.2. The molecule has 2 aliphatic rings. The first-order chi connectivity index (χ1) is 14.0. The molecule has 3 rings (SSSR count). The molecule has 1 heterocycles. The van der Waals surface area contributed by atoms with Gasteiger partial charge in [-0.25, -0.2) is 0 Å². The van der Waals surface area contributed by atoms with Crippen LogP contribution in [-0.4, -0.2) is 30.8 Å². The number of unbranched alkanes of at least 4 members (excludes halogenated alkanes) is 4. The van der Waals surface area contributed by atoms with E-state index in [1.165, 1.54) is 19.3 Å². The summed E-state index contributed by atoms with van der Waals surface area (Å²) >= 11 is 0. The van der Waals surface area contributed by atoms with Crippen LogP contribution in [0.3, 0.4) is 0 Å². The topological polar surface area (TPSA) is 87.3 Å². The molecule has 6 nitrogen and oxygen atoms in total. The number of rotatable bonds is 10. The van der Waals surface area contributed by atoms with Crippen molar-refractivity contribution >= 4 is 23.4 Å². The van der Waals surface area contributed by atoms with Gasteiger partial charge in [0.15, 0.2) is 0 Å². The van der Waals surface area contributed by atoms with Crippen LogP contribution in [0.15, 0.2) is 30.4 Å². The third-order valence-corrected chi connectivity index (χ3v) is 5.78. The average molecular weight is 398 g/mol. The molecule has 1 spiro atoms. The number of benzene rings is 1. The average Bonchev–Trinajstić information content (AvgIpc) is 3.17. The number of nitrogens with one attached hydrogen (secondary N) is 3.